The number of aromatic nitrogens is 1. The van der Waals surface area contributed by atoms with E-state index in [2.05, 4.69) is 67.5 Å². The minimum absolute atomic E-state index is 0.304. The van der Waals surface area contributed by atoms with E-state index >= 15 is 0 Å². The third kappa shape index (κ3) is 5.68. The van der Waals surface area contributed by atoms with Gasteiger partial charge in [0.25, 0.3) is 0 Å². The summed E-state index contributed by atoms with van der Waals surface area (Å²) in [5.74, 6) is 0. The van der Waals surface area contributed by atoms with Gasteiger partial charge in [-0.15, -0.1) is 0 Å². The van der Waals surface area contributed by atoms with Gasteiger partial charge in [-0.25, -0.2) is 0 Å². The Morgan fingerprint density at radius 1 is 1.00 bits per heavy atom. The summed E-state index contributed by atoms with van der Waals surface area (Å²) in [4.78, 5) is 4.38. The summed E-state index contributed by atoms with van der Waals surface area (Å²) < 4.78 is 0. The molecule has 0 saturated carbocycles. The molecule has 1 N–H and O–H groups in total. The largest absolute Gasteiger partial charge is 0.310 e. The molecule has 1 unspecified atom stereocenters. The monoisotopic (exact) mass is 282 g/mol. The molecule has 112 valence electrons. The maximum absolute atomic E-state index is 4.38. The minimum atomic E-state index is 0.304. The Morgan fingerprint density at radius 3 is 2.33 bits per heavy atom. The molecule has 2 rings (SSSR count). The molecule has 0 radical (unpaired) electrons. The molecule has 0 bridgehead atoms. The van der Waals surface area contributed by atoms with Gasteiger partial charge in [0, 0.05) is 30.9 Å². The third-order valence-electron chi connectivity index (χ3n) is 3.52. The van der Waals surface area contributed by atoms with Crippen LogP contribution in [0.5, 0.6) is 0 Å². The lowest BCUT2D eigenvalue weighted by atomic mass is 9.85. The van der Waals surface area contributed by atoms with Crippen molar-refractivity contribution in [2.75, 3.05) is 6.54 Å². The van der Waals surface area contributed by atoms with Crippen LogP contribution in [0.15, 0.2) is 54.7 Å². The molecule has 21 heavy (non-hydrogen) atoms. The van der Waals surface area contributed by atoms with Crippen LogP contribution in [0.25, 0.3) is 0 Å². The van der Waals surface area contributed by atoms with Gasteiger partial charge in [0.1, 0.15) is 0 Å². The summed E-state index contributed by atoms with van der Waals surface area (Å²) in [6, 6.07) is 17.2. The van der Waals surface area contributed by atoms with E-state index in [1.54, 1.807) is 0 Å². The SMILES string of the molecule is CC(C)(C)CC(NCCc1ccccn1)c1ccccc1. The number of hydrogen-bond donors (Lipinski definition) is 1. The lowest BCUT2D eigenvalue weighted by molar-refractivity contribution is 0.312. The van der Waals surface area contributed by atoms with Crippen molar-refractivity contribution in [1.29, 1.82) is 0 Å². The van der Waals surface area contributed by atoms with Crippen LogP contribution < -0.4 is 5.32 Å². The Hall–Kier alpha value is -1.67. The Kier molecular flexibility index (Phi) is 5.51. The van der Waals surface area contributed by atoms with Gasteiger partial charge < -0.3 is 5.32 Å². The molecule has 0 aliphatic rings. The van der Waals surface area contributed by atoms with Crippen molar-refractivity contribution in [3.63, 3.8) is 0 Å². The second kappa shape index (κ2) is 7.37. The fourth-order valence-electron chi connectivity index (χ4n) is 2.53. The highest BCUT2D eigenvalue weighted by Crippen LogP contribution is 2.29. The van der Waals surface area contributed by atoms with E-state index in [0.29, 0.717) is 11.5 Å². The van der Waals surface area contributed by atoms with E-state index in [1.165, 1.54) is 5.56 Å². The van der Waals surface area contributed by atoms with E-state index in [0.717, 1.165) is 25.1 Å². The highest BCUT2D eigenvalue weighted by molar-refractivity contribution is 5.19. The second-order valence-corrected chi connectivity index (χ2v) is 6.75. The van der Waals surface area contributed by atoms with Crippen LogP contribution in [-0.4, -0.2) is 11.5 Å². The molecule has 0 fully saturated rings. The molecule has 1 aromatic carbocycles. The average molecular weight is 282 g/mol. The van der Waals surface area contributed by atoms with Crippen LogP contribution in [0.2, 0.25) is 0 Å². The lowest BCUT2D eigenvalue weighted by Crippen LogP contribution is -2.27. The van der Waals surface area contributed by atoms with Crippen LogP contribution in [-0.2, 0) is 6.42 Å². The van der Waals surface area contributed by atoms with Crippen molar-refractivity contribution in [3.8, 4) is 0 Å². The molecular weight excluding hydrogens is 256 g/mol. The van der Waals surface area contributed by atoms with Crippen LogP contribution in [0, 0.1) is 5.41 Å². The molecule has 2 aromatic rings. The first-order valence-electron chi connectivity index (χ1n) is 7.73. The normalized spacial score (nSPS) is 13.1. The molecule has 1 atom stereocenters. The topological polar surface area (TPSA) is 24.9 Å². The molecule has 1 aromatic heterocycles. The van der Waals surface area contributed by atoms with E-state index in [9.17, 15) is 0 Å². The van der Waals surface area contributed by atoms with Crippen molar-refractivity contribution >= 4 is 0 Å². The van der Waals surface area contributed by atoms with E-state index in [-0.39, 0.29) is 0 Å². The summed E-state index contributed by atoms with van der Waals surface area (Å²) >= 11 is 0. The zero-order valence-electron chi connectivity index (χ0n) is 13.3. The molecule has 0 saturated heterocycles. The first-order chi connectivity index (χ1) is 10.0. The van der Waals surface area contributed by atoms with Crippen LogP contribution in [0.3, 0.4) is 0 Å². The Morgan fingerprint density at radius 2 is 1.71 bits per heavy atom. The summed E-state index contributed by atoms with van der Waals surface area (Å²) in [5.41, 5.74) is 2.82. The predicted molar refractivity (Wildman–Crippen MR) is 89.2 cm³/mol. The average Bonchev–Trinajstić information content (AvgIpc) is 2.47. The van der Waals surface area contributed by atoms with Crippen molar-refractivity contribution in [2.24, 2.45) is 5.41 Å². The van der Waals surface area contributed by atoms with Crippen LogP contribution in [0.4, 0.5) is 0 Å². The van der Waals surface area contributed by atoms with E-state index in [4.69, 9.17) is 0 Å². The summed E-state index contributed by atoms with van der Waals surface area (Å²) in [6.45, 7) is 7.84. The van der Waals surface area contributed by atoms with Gasteiger partial charge in [-0.1, -0.05) is 57.2 Å². The summed E-state index contributed by atoms with van der Waals surface area (Å²) in [7, 11) is 0. The maximum atomic E-state index is 4.38. The van der Waals surface area contributed by atoms with Crippen LogP contribution >= 0.6 is 0 Å². The predicted octanol–water partition coefficient (Wildman–Crippen LogP) is 4.39. The van der Waals surface area contributed by atoms with E-state index in [1.807, 2.05) is 18.3 Å². The number of hydrogen-bond acceptors (Lipinski definition) is 2. The number of benzene rings is 1. The smallest absolute Gasteiger partial charge is 0.0416 e. The molecule has 0 aliphatic heterocycles. The quantitative estimate of drug-likeness (QED) is 0.850. The molecular formula is C19H26N2. The Labute approximate surface area is 128 Å². The molecule has 2 heteroatoms. The standard InChI is InChI=1S/C19H26N2/c1-19(2,3)15-18(16-9-5-4-6-10-16)21-14-12-17-11-7-8-13-20-17/h4-11,13,18,21H,12,14-15H2,1-3H3. The highest BCUT2D eigenvalue weighted by Gasteiger charge is 2.19. The van der Waals surface area contributed by atoms with E-state index < -0.39 is 0 Å². The lowest BCUT2D eigenvalue weighted by Gasteiger charge is -2.27. The minimum Gasteiger partial charge on any atom is -0.310 e. The van der Waals surface area contributed by atoms with Gasteiger partial charge in [0.15, 0.2) is 0 Å². The maximum Gasteiger partial charge on any atom is 0.0416 e. The molecule has 2 nitrogen and oxygen atoms in total. The zero-order chi connectivity index (χ0) is 15.1. The van der Waals surface area contributed by atoms with Gasteiger partial charge in [-0.3, -0.25) is 4.98 Å². The van der Waals surface area contributed by atoms with Crippen molar-refractivity contribution in [2.45, 2.75) is 39.7 Å². The van der Waals surface area contributed by atoms with Crippen LogP contribution in [0.1, 0.15) is 44.5 Å². The first kappa shape index (κ1) is 15.7. The zero-order valence-corrected chi connectivity index (χ0v) is 13.3. The molecule has 0 spiro atoms. The molecule has 0 aliphatic carbocycles. The number of rotatable bonds is 6. The highest BCUT2D eigenvalue weighted by atomic mass is 14.9. The van der Waals surface area contributed by atoms with Crippen molar-refractivity contribution in [3.05, 3.63) is 66.0 Å². The Balaban J connectivity index is 1.96. The van der Waals surface area contributed by atoms with Crippen molar-refractivity contribution in [1.82, 2.24) is 10.3 Å². The fraction of sp³-hybridized carbons (Fsp3) is 0.421. The molecule has 0 amide bonds. The van der Waals surface area contributed by atoms with Gasteiger partial charge in [0.2, 0.25) is 0 Å². The third-order valence-corrected chi connectivity index (χ3v) is 3.52. The van der Waals surface area contributed by atoms with Gasteiger partial charge in [0.05, 0.1) is 0 Å². The van der Waals surface area contributed by atoms with Gasteiger partial charge >= 0.3 is 0 Å². The number of nitrogens with one attached hydrogen (secondary N) is 1. The number of pyridine rings is 1. The van der Waals surface area contributed by atoms with Crippen molar-refractivity contribution < 1.29 is 0 Å². The van der Waals surface area contributed by atoms with Gasteiger partial charge in [-0.2, -0.15) is 0 Å². The summed E-state index contributed by atoms with van der Waals surface area (Å²) in [5, 5.41) is 3.70. The van der Waals surface area contributed by atoms with Gasteiger partial charge in [-0.05, 0) is 29.5 Å². The Bertz CT molecular complexity index is 514. The fourth-order valence-corrected chi connectivity index (χ4v) is 2.53. The molecule has 1 heterocycles. The summed E-state index contributed by atoms with van der Waals surface area (Å²) in [6.07, 6.45) is 3.95. The first-order valence-corrected chi connectivity index (χ1v) is 7.73. The second-order valence-electron chi connectivity index (χ2n) is 6.75. The number of nitrogens with zero attached hydrogens (tertiary/aromatic N) is 1.